The van der Waals surface area contributed by atoms with Crippen LogP contribution in [0.2, 0.25) is 0 Å². The fourth-order valence-corrected chi connectivity index (χ4v) is 1.86. The molecule has 0 atom stereocenters. The number of aryl methyl sites for hydroxylation is 1. The number of benzene rings is 1. The molecule has 122 valence electrons. The normalized spacial score (nSPS) is 10.8. The maximum Gasteiger partial charge on any atom is 0.333 e. The third-order valence-corrected chi connectivity index (χ3v) is 3.26. The zero-order chi connectivity index (χ0) is 17.4. The third kappa shape index (κ3) is 5.54. The predicted molar refractivity (Wildman–Crippen MR) is 86.0 cm³/mol. The van der Waals surface area contributed by atoms with Crippen molar-refractivity contribution in [3.8, 4) is 0 Å². The second kappa shape index (κ2) is 8.68. The maximum absolute atomic E-state index is 12.2. The van der Waals surface area contributed by atoms with E-state index in [1.165, 1.54) is 20.3 Å². The van der Waals surface area contributed by atoms with Gasteiger partial charge in [0.2, 0.25) is 0 Å². The Morgan fingerprint density at radius 3 is 2.09 bits per heavy atom. The molecule has 0 fully saturated rings. The third-order valence-electron chi connectivity index (χ3n) is 3.26. The van der Waals surface area contributed by atoms with Crippen molar-refractivity contribution in [2.24, 2.45) is 0 Å². The highest BCUT2D eigenvalue weighted by Gasteiger charge is 2.15. The minimum Gasteiger partial charge on any atom is -0.466 e. The number of hydrogen-bond donors (Lipinski definition) is 0. The van der Waals surface area contributed by atoms with Crippen LogP contribution in [0.1, 0.15) is 28.8 Å². The van der Waals surface area contributed by atoms with Gasteiger partial charge in [-0.25, -0.2) is 9.59 Å². The molecule has 0 saturated carbocycles. The van der Waals surface area contributed by atoms with Gasteiger partial charge in [-0.3, -0.25) is 4.79 Å². The first kappa shape index (κ1) is 18.4. The SMILES string of the molecule is C=C(CC/C(=C\C(=O)c1ccc(C)cc1)C(=O)OC)C(=O)OC. The lowest BCUT2D eigenvalue weighted by molar-refractivity contribution is -0.137. The molecule has 1 aromatic carbocycles. The number of ketones is 1. The van der Waals surface area contributed by atoms with E-state index in [-0.39, 0.29) is 29.8 Å². The summed E-state index contributed by atoms with van der Waals surface area (Å²) in [5.41, 5.74) is 1.92. The number of hydrogen-bond acceptors (Lipinski definition) is 5. The minimum atomic E-state index is -0.608. The standard InChI is InChI=1S/C18H20O5/c1-12-5-8-14(9-6-12)16(19)11-15(18(21)23-4)10-7-13(2)17(20)22-3/h5-6,8-9,11H,2,7,10H2,1,3-4H3/b15-11+. The van der Waals surface area contributed by atoms with E-state index in [2.05, 4.69) is 16.1 Å². The molecule has 0 unspecified atom stereocenters. The molecule has 0 radical (unpaired) electrons. The topological polar surface area (TPSA) is 69.7 Å². The molecule has 0 saturated heterocycles. The Hall–Kier alpha value is -2.69. The van der Waals surface area contributed by atoms with Crippen molar-refractivity contribution in [1.29, 1.82) is 0 Å². The van der Waals surface area contributed by atoms with Crippen LogP contribution in [0.3, 0.4) is 0 Å². The molecule has 0 spiro atoms. The van der Waals surface area contributed by atoms with Crippen LogP contribution >= 0.6 is 0 Å². The molecule has 0 aliphatic carbocycles. The summed E-state index contributed by atoms with van der Waals surface area (Å²) in [6.45, 7) is 5.51. The summed E-state index contributed by atoms with van der Waals surface area (Å²) in [4.78, 5) is 35.3. The van der Waals surface area contributed by atoms with Gasteiger partial charge < -0.3 is 9.47 Å². The molecular weight excluding hydrogens is 296 g/mol. The van der Waals surface area contributed by atoms with Gasteiger partial charge in [0.15, 0.2) is 5.78 Å². The van der Waals surface area contributed by atoms with Crippen LogP contribution in [-0.2, 0) is 19.1 Å². The van der Waals surface area contributed by atoms with Crippen LogP contribution < -0.4 is 0 Å². The van der Waals surface area contributed by atoms with Gasteiger partial charge in [0, 0.05) is 16.7 Å². The summed E-state index contributed by atoms with van der Waals surface area (Å²) < 4.78 is 9.23. The van der Waals surface area contributed by atoms with Gasteiger partial charge in [0.1, 0.15) is 0 Å². The Morgan fingerprint density at radius 1 is 1.00 bits per heavy atom. The highest BCUT2D eigenvalue weighted by molar-refractivity contribution is 6.08. The van der Waals surface area contributed by atoms with Gasteiger partial charge in [-0.15, -0.1) is 0 Å². The summed E-state index contributed by atoms with van der Waals surface area (Å²) in [6.07, 6.45) is 1.61. The molecule has 0 aromatic heterocycles. The number of rotatable bonds is 7. The van der Waals surface area contributed by atoms with Crippen molar-refractivity contribution >= 4 is 17.7 Å². The lowest BCUT2D eigenvalue weighted by atomic mass is 10.0. The zero-order valence-electron chi connectivity index (χ0n) is 13.5. The van der Waals surface area contributed by atoms with Crippen molar-refractivity contribution in [1.82, 2.24) is 0 Å². The number of carbonyl (C=O) groups is 3. The molecule has 0 bridgehead atoms. The zero-order valence-corrected chi connectivity index (χ0v) is 13.5. The van der Waals surface area contributed by atoms with Crippen molar-refractivity contribution in [2.75, 3.05) is 14.2 Å². The number of methoxy groups -OCH3 is 2. The van der Waals surface area contributed by atoms with Crippen molar-refractivity contribution in [3.05, 3.63) is 59.2 Å². The van der Waals surface area contributed by atoms with Crippen molar-refractivity contribution < 1.29 is 23.9 Å². The van der Waals surface area contributed by atoms with Gasteiger partial charge >= 0.3 is 11.9 Å². The molecule has 0 aliphatic rings. The van der Waals surface area contributed by atoms with E-state index < -0.39 is 11.9 Å². The second-order valence-corrected chi connectivity index (χ2v) is 4.99. The lowest BCUT2D eigenvalue weighted by Gasteiger charge is -2.07. The molecular formula is C18H20O5. The average Bonchev–Trinajstić information content (AvgIpc) is 2.57. The van der Waals surface area contributed by atoms with Gasteiger partial charge in [0.05, 0.1) is 14.2 Å². The van der Waals surface area contributed by atoms with Crippen LogP contribution in [0.5, 0.6) is 0 Å². The largest absolute Gasteiger partial charge is 0.466 e. The van der Waals surface area contributed by atoms with Gasteiger partial charge in [0.25, 0.3) is 0 Å². The molecule has 1 aromatic rings. The Kier molecular flexibility index (Phi) is 6.93. The quantitative estimate of drug-likeness (QED) is 0.439. The van der Waals surface area contributed by atoms with E-state index in [0.717, 1.165) is 5.56 Å². The second-order valence-electron chi connectivity index (χ2n) is 4.99. The molecule has 0 aliphatic heterocycles. The monoisotopic (exact) mass is 316 g/mol. The number of carbonyl (C=O) groups excluding carboxylic acids is 3. The summed E-state index contributed by atoms with van der Waals surface area (Å²) in [5.74, 6) is -1.45. The van der Waals surface area contributed by atoms with Crippen LogP contribution in [0.4, 0.5) is 0 Å². The Bertz CT molecular complexity index is 638. The van der Waals surface area contributed by atoms with E-state index in [1.807, 2.05) is 19.1 Å². The van der Waals surface area contributed by atoms with Crippen LogP contribution in [0.25, 0.3) is 0 Å². The Balaban J connectivity index is 2.90. The van der Waals surface area contributed by atoms with Crippen molar-refractivity contribution in [2.45, 2.75) is 19.8 Å². The van der Waals surface area contributed by atoms with Gasteiger partial charge in [-0.1, -0.05) is 36.4 Å². The van der Waals surface area contributed by atoms with E-state index in [1.54, 1.807) is 12.1 Å². The summed E-state index contributed by atoms with van der Waals surface area (Å²) in [7, 11) is 2.49. The summed E-state index contributed by atoms with van der Waals surface area (Å²) in [6, 6.07) is 7.02. The Labute approximate surface area is 135 Å². The molecule has 5 heteroatoms. The highest BCUT2D eigenvalue weighted by Crippen LogP contribution is 2.15. The first-order chi connectivity index (χ1) is 10.9. The number of allylic oxidation sites excluding steroid dienone is 1. The van der Waals surface area contributed by atoms with E-state index in [9.17, 15) is 14.4 Å². The molecule has 0 heterocycles. The predicted octanol–water partition coefficient (Wildman–Crippen LogP) is 2.79. The summed E-state index contributed by atoms with van der Waals surface area (Å²) in [5, 5.41) is 0. The average molecular weight is 316 g/mol. The summed E-state index contributed by atoms with van der Waals surface area (Å²) >= 11 is 0. The minimum absolute atomic E-state index is 0.165. The molecule has 5 nitrogen and oxygen atoms in total. The van der Waals surface area contributed by atoms with E-state index in [4.69, 9.17) is 0 Å². The number of esters is 2. The highest BCUT2D eigenvalue weighted by atomic mass is 16.5. The maximum atomic E-state index is 12.2. The van der Waals surface area contributed by atoms with Gasteiger partial charge in [-0.2, -0.15) is 0 Å². The van der Waals surface area contributed by atoms with Gasteiger partial charge in [-0.05, 0) is 25.8 Å². The first-order valence-electron chi connectivity index (χ1n) is 7.05. The van der Waals surface area contributed by atoms with E-state index >= 15 is 0 Å². The molecule has 0 N–H and O–H groups in total. The van der Waals surface area contributed by atoms with Crippen LogP contribution in [-0.4, -0.2) is 31.9 Å². The van der Waals surface area contributed by atoms with Crippen LogP contribution in [0.15, 0.2) is 48.1 Å². The fraction of sp³-hybridized carbons (Fsp3) is 0.278. The smallest absolute Gasteiger partial charge is 0.333 e. The fourth-order valence-electron chi connectivity index (χ4n) is 1.86. The molecule has 23 heavy (non-hydrogen) atoms. The number of ether oxygens (including phenoxy) is 2. The van der Waals surface area contributed by atoms with E-state index in [0.29, 0.717) is 5.56 Å². The molecule has 1 rings (SSSR count). The molecule has 0 amide bonds. The first-order valence-corrected chi connectivity index (χ1v) is 7.05. The van der Waals surface area contributed by atoms with Crippen LogP contribution in [0, 0.1) is 6.92 Å². The Morgan fingerprint density at radius 2 is 1.57 bits per heavy atom. The lowest BCUT2D eigenvalue weighted by Crippen LogP contribution is -2.10. The van der Waals surface area contributed by atoms with Crippen molar-refractivity contribution in [3.63, 3.8) is 0 Å².